The smallest absolute Gasteiger partial charge is 0.326 e. The molecule has 1 aliphatic rings. The number of anilines is 1. The summed E-state index contributed by atoms with van der Waals surface area (Å²) in [5.74, 6) is -1.55. The van der Waals surface area contributed by atoms with E-state index in [4.69, 9.17) is 11.6 Å². The summed E-state index contributed by atoms with van der Waals surface area (Å²) >= 11 is 9.74. The van der Waals surface area contributed by atoms with E-state index in [1.165, 1.54) is 18.0 Å². The Hall–Kier alpha value is -2.25. The lowest BCUT2D eigenvalue weighted by Gasteiger charge is -2.24. The maximum atomic E-state index is 14.4. The largest absolute Gasteiger partial charge is 0.340 e. The van der Waals surface area contributed by atoms with Gasteiger partial charge in [0.1, 0.15) is 11.6 Å². The average molecular weight is 441 g/mol. The van der Waals surface area contributed by atoms with E-state index in [-0.39, 0.29) is 28.4 Å². The van der Waals surface area contributed by atoms with E-state index >= 15 is 0 Å². The van der Waals surface area contributed by atoms with Crippen LogP contribution in [-0.4, -0.2) is 25.3 Å². The Balaban J connectivity index is 2.36. The molecule has 8 heteroatoms. The highest BCUT2D eigenvalue weighted by Crippen LogP contribution is 2.39. The number of hydrogen-bond acceptors (Lipinski definition) is 2. The van der Waals surface area contributed by atoms with Crippen molar-refractivity contribution in [3.63, 3.8) is 0 Å². The molecule has 0 aromatic heterocycles. The summed E-state index contributed by atoms with van der Waals surface area (Å²) in [4.78, 5) is 18.0. The van der Waals surface area contributed by atoms with Gasteiger partial charge in [0, 0.05) is 22.8 Å². The zero-order valence-electron chi connectivity index (χ0n) is 13.6. The number of benzene rings is 2. The van der Waals surface area contributed by atoms with Crippen LogP contribution in [-0.2, 0) is 0 Å². The van der Waals surface area contributed by atoms with Crippen molar-refractivity contribution in [1.82, 2.24) is 5.32 Å². The van der Waals surface area contributed by atoms with E-state index in [1.807, 2.05) is 0 Å². The van der Waals surface area contributed by atoms with Crippen LogP contribution < -0.4 is 10.2 Å². The number of carbonyl (C=O) groups is 1. The Morgan fingerprint density at radius 2 is 1.92 bits per heavy atom. The number of benzodiazepines with no additional fused rings is 1. The van der Waals surface area contributed by atoms with E-state index in [0.29, 0.717) is 15.9 Å². The Bertz CT molecular complexity index is 941. The van der Waals surface area contributed by atoms with Gasteiger partial charge in [0.25, 0.3) is 0 Å². The van der Waals surface area contributed by atoms with E-state index in [9.17, 15) is 13.6 Å². The van der Waals surface area contributed by atoms with Crippen LogP contribution in [0.3, 0.4) is 0 Å². The Morgan fingerprint density at radius 1 is 1.27 bits per heavy atom. The van der Waals surface area contributed by atoms with Crippen LogP contribution in [0.1, 0.15) is 11.1 Å². The van der Waals surface area contributed by atoms with Gasteiger partial charge in [-0.3, -0.25) is 9.89 Å². The molecule has 2 amide bonds. The molecule has 0 saturated carbocycles. The number of aliphatic imine (C=N–C) groups is 1. The lowest BCUT2D eigenvalue weighted by Crippen LogP contribution is -2.38. The van der Waals surface area contributed by atoms with Gasteiger partial charge in [-0.1, -0.05) is 24.2 Å². The second-order valence-corrected chi connectivity index (χ2v) is 6.71. The minimum atomic E-state index is -0.773. The first-order chi connectivity index (χ1) is 12.4. The molecule has 0 atom stereocenters. The van der Waals surface area contributed by atoms with Crippen molar-refractivity contribution in [2.75, 3.05) is 18.5 Å². The van der Waals surface area contributed by atoms with Crippen LogP contribution in [0, 0.1) is 11.6 Å². The van der Waals surface area contributed by atoms with E-state index < -0.39 is 17.7 Å². The molecule has 0 unspecified atom stereocenters. The highest BCUT2D eigenvalue weighted by atomic mass is 79.9. The summed E-state index contributed by atoms with van der Waals surface area (Å²) < 4.78 is 29.4. The van der Waals surface area contributed by atoms with Gasteiger partial charge >= 0.3 is 6.03 Å². The van der Waals surface area contributed by atoms with Gasteiger partial charge in [-0.25, -0.2) is 13.6 Å². The fourth-order valence-electron chi connectivity index (χ4n) is 2.74. The molecule has 134 valence electrons. The molecule has 26 heavy (non-hydrogen) atoms. The number of halogens is 4. The molecule has 1 heterocycles. The molecule has 2 aromatic carbocycles. The van der Waals surface area contributed by atoms with Gasteiger partial charge in [0.05, 0.1) is 28.5 Å². The SMILES string of the molecule is C=C1CN=C(c2c(F)cccc2F)c2c(ccc(Br)c2Cl)N1C(=O)NC. The first kappa shape index (κ1) is 18.5. The average Bonchev–Trinajstić information content (AvgIpc) is 2.75. The second-order valence-electron chi connectivity index (χ2n) is 5.47. The third kappa shape index (κ3) is 3.01. The van der Waals surface area contributed by atoms with Gasteiger partial charge < -0.3 is 5.32 Å². The zero-order chi connectivity index (χ0) is 19.0. The highest BCUT2D eigenvalue weighted by molar-refractivity contribution is 9.10. The van der Waals surface area contributed by atoms with Crippen LogP contribution in [0.4, 0.5) is 19.3 Å². The first-order valence-electron chi connectivity index (χ1n) is 7.53. The molecule has 0 spiro atoms. The van der Waals surface area contributed by atoms with Crippen LogP contribution in [0.2, 0.25) is 5.02 Å². The number of nitrogens with one attached hydrogen (secondary N) is 1. The molecular formula is C18H13BrClF2N3O. The maximum absolute atomic E-state index is 14.4. The number of fused-ring (bicyclic) bond motifs is 1. The first-order valence-corrected chi connectivity index (χ1v) is 8.70. The lowest BCUT2D eigenvalue weighted by atomic mass is 9.99. The van der Waals surface area contributed by atoms with Crippen molar-refractivity contribution in [2.45, 2.75) is 0 Å². The molecule has 4 nitrogen and oxygen atoms in total. The number of rotatable bonds is 1. The predicted molar refractivity (Wildman–Crippen MR) is 102 cm³/mol. The molecule has 1 aliphatic heterocycles. The van der Waals surface area contributed by atoms with E-state index in [2.05, 4.69) is 32.8 Å². The fraction of sp³-hybridized carbons (Fsp3) is 0.111. The Labute approximate surface area is 162 Å². The van der Waals surface area contributed by atoms with Gasteiger partial charge in [-0.2, -0.15) is 0 Å². The minimum Gasteiger partial charge on any atom is -0.340 e. The standard InChI is InChI=1S/C18H13BrClF2N3O/c1-9-8-24-17(14-11(21)4-3-5-12(14)22)15-13(25(9)18(26)23-2)7-6-10(19)16(15)20/h3-7H,1,8H2,2H3,(H,23,26). The second kappa shape index (κ2) is 7.17. The normalized spacial score (nSPS) is 13.8. The van der Waals surface area contributed by atoms with Gasteiger partial charge in [-0.05, 0) is 40.2 Å². The minimum absolute atomic E-state index is 0.0226. The van der Waals surface area contributed by atoms with Crippen LogP contribution in [0.5, 0.6) is 0 Å². The van der Waals surface area contributed by atoms with Gasteiger partial charge in [-0.15, -0.1) is 0 Å². The molecule has 0 fully saturated rings. The summed E-state index contributed by atoms with van der Waals surface area (Å²) in [6.45, 7) is 3.84. The quantitative estimate of drug-likeness (QED) is 0.674. The molecule has 1 N–H and O–H groups in total. The molecule has 3 rings (SSSR count). The van der Waals surface area contributed by atoms with Crippen LogP contribution >= 0.6 is 27.5 Å². The monoisotopic (exact) mass is 439 g/mol. The van der Waals surface area contributed by atoms with Crippen LogP contribution in [0.15, 0.2) is 52.1 Å². The summed E-state index contributed by atoms with van der Waals surface area (Å²) in [6.07, 6.45) is 0. The van der Waals surface area contributed by atoms with Crippen molar-refractivity contribution < 1.29 is 13.6 Å². The van der Waals surface area contributed by atoms with Crippen molar-refractivity contribution in [1.29, 1.82) is 0 Å². The van der Waals surface area contributed by atoms with Crippen LogP contribution in [0.25, 0.3) is 0 Å². The summed E-state index contributed by atoms with van der Waals surface area (Å²) in [5, 5.41) is 2.71. The molecule has 0 saturated heterocycles. The topological polar surface area (TPSA) is 44.7 Å². The van der Waals surface area contributed by atoms with Gasteiger partial charge in [0.2, 0.25) is 0 Å². The maximum Gasteiger partial charge on any atom is 0.326 e. The third-order valence-corrected chi connectivity index (χ3v) is 5.18. The molecule has 0 bridgehead atoms. The Morgan fingerprint density at radius 3 is 2.54 bits per heavy atom. The summed E-state index contributed by atoms with van der Waals surface area (Å²) in [6, 6.07) is 6.35. The Kier molecular flexibility index (Phi) is 5.11. The van der Waals surface area contributed by atoms with Crippen molar-refractivity contribution >= 4 is 45.0 Å². The molecule has 2 aromatic rings. The number of hydrogen-bond donors (Lipinski definition) is 1. The lowest BCUT2D eigenvalue weighted by molar-refractivity contribution is 0.249. The number of amides is 2. The fourth-order valence-corrected chi connectivity index (χ4v) is 3.32. The summed E-state index contributed by atoms with van der Waals surface area (Å²) in [7, 11) is 1.47. The van der Waals surface area contributed by atoms with Crippen molar-refractivity contribution in [3.8, 4) is 0 Å². The van der Waals surface area contributed by atoms with E-state index in [1.54, 1.807) is 12.1 Å². The van der Waals surface area contributed by atoms with E-state index in [0.717, 1.165) is 12.1 Å². The van der Waals surface area contributed by atoms with Crippen molar-refractivity contribution in [3.05, 3.63) is 74.9 Å². The summed E-state index contributed by atoms with van der Waals surface area (Å²) in [5.41, 5.74) is 0.638. The molecule has 0 aliphatic carbocycles. The highest BCUT2D eigenvalue weighted by Gasteiger charge is 2.31. The predicted octanol–water partition coefficient (Wildman–Crippen LogP) is 4.89. The van der Waals surface area contributed by atoms with Gasteiger partial charge in [0.15, 0.2) is 0 Å². The third-order valence-electron chi connectivity index (χ3n) is 3.90. The molecular weight excluding hydrogens is 428 g/mol. The zero-order valence-corrected chi connectivity index (χ0v) is 16.0. The number of nitrogens with zero attached hydrogens (tertiary/aromatic N) is 2. The molecule has 0 radical (unpaired) electrons. The number of urea groups is 1. The van der Waals surface area contributed by atoms with Crippen molar-refractivity contribution in [2.24, 2.45) is 4.99 Å². The number of carbonyl (C=O) groups excluding carboxylic acids is 1.